The van der Waals surface area contributed by atoms with Crippen molar-refractivity contribution in [3.05, 3.63) is 27.2 Å². The second kappa shape index (κ2) is 5.46. The highest BCUT2D eigenvalue weighted by atomic mass is 79.9. The van der Waals surface area contributed by atoms with E-state index >= 15 is 0 Å². The van der Waals surface area contributed by atoms with Gasteiger partial charge in [0.15, 0.2) is 15.4 Å². The third-order valence-electron chi connectivity index (χ3n) is 2.04. The minimum Gasteiger partial charge on any atom is -0.478 e. The number of carbonyl (C=O) groups is 1. The molecule has 2 heterocycles. The van der Waals surface area contributed by atoms with E-state index in [9.17, 15) is 13.2 Å². The van der Waals surface area contributed by atoms with Crippen molar-refractivity contribution in [2.24, 2.45) is 0 Å². The van der Waals surface area contributed by atoms with E-state index in [1.807, 2.05) is 0 Å². The fraction of sp³-hybridized carbons (Fsp3) is 0. The van der Waals surface area contributed by atoms with Gasteiger partial charge in [0.1, 0.15) is 10.2 Å². The van der Waals surface area contributed by atoms with Crippen LogP contribution in [-0.2, 0) is 10.0 Å². The summed E-state index contributed by atoms with van der Waals surface area (Å²) in [6.07, 6.45) is 2.19. The standard InChI is InChI=1S/C8H5Br2N5O4S/c9-4-2-11-6(5(10)13-4)15-20(18,19)7-3(8(16)17)1-12-14-7/h1-2H,(H,11,15)(H,12,14)(H,16,17). The number of carboxylic acid groups (broad SMARTS) is 1. The smallest absolute Gasteiger partial charge is 0.340 e. The maximum atomic E-state index is 12.1. The largest absolute Gasteiger partial charge is 0.478 e. The third kappa shape index (κ3) is 2.96. The Morgan fingerprint density at radius 3 is 2.65 bits per heavy atom. The van der Waals surface area contributed by atoms with Gasteiger partial charge in [-0.2, -0.15) is 13.5 Å². The van der Waals surface area contributed by atoms with E-state index in [0.717, 1.165) is 6.20 Å². The summed E-state index contributed by atoms with van der Waals surface area (Å²) in [5.41, 5.74) is -0.473. The van der Waals surface area contributed by atoms with E-state index in [1.54, 1.807) is 0 Å². The van der Waals surface area contributed by atoms with Gasteiger partial charge in [-0.3, -0.25) is 9.82 Å². The molecule has 0 saturated carbocycles. The number of carboxylic acids is 1. The second-order valence-electron chi connectivity index (χ2n) is 3.36. The molecule has 0 saturated heterocycles. The van der Waals surface area contributed by atoms with E-state index in [1.165, 1.54) is 6.20 Å². The topological polar surface area (TPSA) is 138 Å². The Bertz CT molecular complexity index is 775. The highest BCUT2D eigenvalue weighted by Gasteiger charge is 2.26. The number of nitrogens with one attached hydrogen (secondary N) is 2. The number of sulfonamides is 1. The molecule has 0 bridgehead atoms. The predicted molar refractivity (Wildman–Crippen MR) is 73.8 cm³/mol. The first-order chi connectivity index (χ1) is 9.31. The number of hydrogen-bond acceptors (Lipinski definition) is 6. The summed E-state index contributed by atoms with van der Waals surface area (Å²) in [5.74, 6) is -1.50. The molecule has 0 unspecified atom stereocenters. The van der Waals surface area contributed by atoms with E-state index in [0.29, 0.717) is 4.60 Å². The maximum absolute atomic E-state index is 12.1. The van der Waals surface area contributed by atoms with Gasteiger partial charge in [0.05, 0.1) is 12.4 Å². The zero-order chi connectivity index (χ0) is 14.9. The van der Waals surface area contributed by atoms with Gasteiger partial charge in [-0.05, 0) is 31.9 Å². The Morgan fingerprint density at radius 2 is 2.05 bits per heavy atom. The molecule has 0 aliphatic carbocycles. The number of H-pyrrole nitrogens is 1. The van der Waals surface area contributed by atoms with Crippen LogP contribution in [0.4, 0.5) is 5.82 Å². The molecule has 2 aromatic rings. The molecule has 0 fully saturated rings. The van der Waals surface area contributed by atoms with E-state index in [2.05, 4.69) is 56.7 Å². The van der Waals surface area contributed by atoms with Gasteiger partial charge in [-0.1, -0.05) is 0 Å². The van der Waals surface area contributed by atoms with Crippen LogP contribution in [-0.4, -0.2) is 39.7 Å². The highest BCUT2D eigenvalue weighted by molar-refractivity contribution is 9.11. The van der Waals surface area contributed by atoms with Gasteiger partial charge in [-0.25, -0.2) is 14.8 Å². The van der Waals surface area contributed by atoms with Crippen LogP contribution in [0.3, 0.4) is 0 Å². The number of aromatic nitrogens is 4. The Kier molecular flexibility index (Phi) is 4.06. The number of aromatic carboxylic acids is 1. The molecule has 106 valence electrons. The zero-order valence-corrected chi connectivity index (χ0v) is 13.3. The van der Waals surface area contributed by atoms with Crippen molar-refractivity contribution >= 4 is 53.7 Å². The number of anilines is 1. The molecule has 2 aromatic heterocycles. The number of halogens is 2. The van der Waals surface area contributed by atoms with E-state index in [4.69, 9.17) is 5.11 Å². The van der Waals surface area contributed by atoms with Crippen LogP contribution < -0.4 is 4.72 Å². The lowest BCUT2D eigenvalue weighted by Crippen LogP contribution is -2.18. The minimum atomic E-state index is -4.18. The van der Waals surface area contributed by atoms with Gasteiger partial charge in [-0.15, -0.1) is 0 Å². The molecule has 2 rings (SSSR count). The maximum Gasteiger partial charge on any atom is 0.340 e. The summed E-state index contributed by atoms with van der Waals surface area (Å²) >= 11 is 6.11. The molecule has 0 radical (unpaired) electrons. The van der Waals surface area contributed by atoms with Crippen LogP contribution in [0.25, 0.3) is 0 Å². The van der Waals surface area contributed by atoms with Crippen LogP contribution in [0.15, 0.2) is 26.6 Å². The van der Waals surface area contributed by atoms with Gasteiger partial charge < -0.3 is 5.11 Å². The molecule has 9 nitrogen and oxygen atoms in total. The van der Waals surface area contributed by atoms with Crippen molar-refractivity contribution < 1.29 is 18.3 Å². The minimum absolute atomic E-state index is 0.0841. The van der Waals surface area contributed by atoms with Crippen LogP contribution >= 0.6 is 31.9 Å². The quantitative estimate of drug-likeness (QED) is 0.667. The van der Waals surface area contributed by atoms with Crippen molar-refractivity contribution in [3.63, 3.8) is 0 Å². The SMILES string of the molecule is O=C(O)c1cn[nH]c1S(=O)(=O)Nc1ncc(Br)nc1Br. The summed E-state index contributed by atoms with van der Waals surface area (Å²) in [5, 5.41) is 13.8. The number of hydrogen-bond donors (Lipinski definition) is 3. The monoisotopic (exact) mass is 425 g/mol. The van der Waals surface area contributed by atoms with Gasteiger partial charge >= 0.3 is 5.97 Å². The van der Waals surface area contributed by atoms with Crippen LogP contribution in [0.5, 0.6) is 0 Å². The summed E-state index contributed by atoms with van der Waals surface area (Å²) < 4.78 is 26.8. The van der Waals surface area contributed by atoms with Gasteiger partial charge in [0.2, 0.25) is 0 Å². The molecule has 0 aliphatic rings. The summed E-state index contributed by atoms with van der Waals surface area (Å²) in [7, 11) is -4.18. The summed E-state index contributed by atoms with van der Waals surface area (Å²) in [6, 6.07) is 0. The molecule has 0 amide bonds. The predicted octanol–water partition coefficient (Wildman–Crippen LogP) is 1.22. The van der Waals surface area contributed by atoms with E-state index < -0.39 is 26.6 Å². The third-order valence-corrected chi connectivity index (χ3v) is 4.28. The Morgan fingerprint density at radius 1 is 1.35 bits per heavy atom. The average Bonchev–Trinajstić information content (AvgIpc) is 2.82. The normalized spacial score (nSPS) is 11.3. The summed E-state index contributed by atoms with van der Waals surface area (Å²) in [4.78, 5) is 18.6. The van der Waals surface area contributed by atoms with Gasteiger partial charge in [0.25, 0.3) is 10.0 Å². The molecular formula is C8H5Br2N5O4S. The second-order valence-corrected chi connectivity index (χ2v) is 6.54. The zero-order valence-electron chi connectivity index (χ0n) is 9.33. The lowest BCUT2D eigenvalue weighted by atomic mass is 10.4. The van der Waals surface area contributed by atoms with Crippen LogP contribution in [0.1, 0.15) is 10.4 Å². The Balaban J connectivity index is 2.41. The van der Waals surface area contributed by atoms with Crippen molar-refractivity contribution in [2.75, 3.05) is 4.72 Å². The Labute approximate surface area is 129 Å². The van der Waals surface area contributed by atoms with Crippen molar-refractivity contribution in [3.8, 4) is 0 Å². The number of rotatable bonds is 4. The van der Waals surface area contributed by atoms with Crippen molar-refractivity contribution in [1.29, 1.82) is 0 Å². The highest BCUT2D eigenvalue weighted by Crippen LogP contribution is 2.23. The Hall–Kier alpha value is -1.53. The lowest BCUT2D eigenvalue weighted by molar-refractivity contribution is 0.0692. The fourth-order valence-corrected chi connectivity index (χ4v) is 3.37. The average molecular weight is 427 g/mol. The number of aromatic amines is 1. The molecule has 12 heteroatoms. The van der Waals surface area contributed by atoms with Crippen LogP contribution in [0, 0.1) is 0 Å². The molecular weight excluding hydrogens is 422 g/mol. The van der Waals surface area contributed by atoms with Crippen molar-refractivity contribution in [1.82, 2.24) is 20.2 Å². The first kappa shape index (κ1) is 14.9. The fourth-order valence-electron chi connectivity index (χ4n) is 1.22. The molecule has 20 heavy (non-hydrogen) atoms. The molecule has 0 spiro atoms. The first-order valence-electron chi connectivity index (χ1n) is 4.79. The molecule has 0 aliphatic heterocycles. The number of nitrogens with zero attached hydrogens (tertiary/aromatic N) is 3. The van der Waals surface area contributed by atoms with Gasteiger partial charge in [0, 0.05) is 0 Å². The molecule has 0 atom stereocenters. The molecule has 0 aromatic carbocycles. The summed E-state index contributed by atoms with van der Waals surface area (Å²) in [6.45, 7) is 0. The lowest BCUT2D eigenvalue weighted by Gasteiger charge is -2.07. The first-order valence-corrected chi connectivity index (χ1v) is 7.85. The molecule has 3 N–H and O–H groups in total. The van der Waals surface area contributed by atoms with Crippen LogP contribution in [0.2, 0.25) is 0 Å². The van der Waals surface area contributed by atoms with E-state index in [-0.39, 0.29) is 10.4 Å². The van der Waals surface area contributed by atoms with Crippen molar-refractivity contribution in [2.45, 2.75) is 5.03 Å².